The van der Waals surface area contributed by atoms with E-state index in [-0.39, 0.29) is 0 Å². The molecule has 0 bridgehead atoms. The van der Waals surface area contributed by atoms with Crippen LogP contribution in [0.5, 0.6) is 0 Å². The van der Waals surface area contributed by atoms with Crippen LogP contribution in [0.15, 0.2) is 11.1 Å². The normalized spacial score (nSPS) is 64.0. The van der Waals surface area contributed by atoms with E-state index in [4.69, 9.17) is 0 Å². The van der Waals surface area contributed by atoms with Gasteiger partial charge in [0, 0.05) is 0 Å². The predicted octanol–water partition coefficient (Wildman–Crippen LogP) is 1.97. The molecule has 0 amide bonds. The van der Waals surface area contributed by atoms with Gasteiger partial charge in [0.15, 0.2) is 0 Å². The molecule has 0 N–H and O–H groups in total. The minimum Gasteiger partial charge on any atom is -0.0664 e. The van der Waals surface area contributed by atoms with Crippen molar-refractivity contribution in [2.45, 2.75) is 19.3 Å². The van der Waals surface area contributed by atoms with Gasteiger partial charge in [-0.05, 0) is 42.9 Å². The molecule has 0 spiro atoms. The Balaban J connectivity index is 2.02. The van der Waals surface area contributed by atoms with Crippen LogP contribution in [0.25, 0.3) is 0 Å². The molecular formula is C9H10. The Bertz CT molecular complexity index is 236. The quantitative estimate of drug-likeness (QED) is 0.426. The molecule has 46 valence electrons. The molecular weight excluding hydrogens is 108 g/mol. The second-order valence-corrected chi connectivity index (χ2v) is 4.11. The summed E-state index contributed by atoms with van der Waals surface area (Å²) in [4.78, 5) is 0. The highest BCUT2D eigenvalue weighted by Gasteiger charge is 2.75. The lowest BCUT2D eigenvalue weighted by molar-refractivity contribution is 0.357. The predicted molar refractivity (Wildman–Crippen MR) is 34.8 cm³/mol. The van der Waals surface area contributed by atoms with Crippen LogP contribution in [0.1, 0.15) is 19.3 Å². The third-order valence-electron chi connectivity index (χ3n) is 4.03. The number of allylic oxidation sites excluding steroid dienone is 2. The molecule has 9 heavy (non-hydrogen) atoms. The van der Waals surface area contributed by atoms with Crippen molar-refractivity contribution < 1.29 is 0 Å². The average molecular weight is 118 g/mol. The van der Waals surface area contributed by atoms with Crippen molar-refractivity contribution in [3.63, 3.8) is 0 Å². The van der Waals surface area contributed by atoms with E-state index in [0.29, 0.717) is 0 Å². The number of hydrogen-bond donors (Lipinski definition) is 0. The fourth-order valence-electron chi connectivity index (χ4n) is 3.74. The molecule has 0 saturated heterocycles. The number of hydrogen-bond acceptors (Lipinski definition) is 0. The van der Waals surface area contributed by atoms with Crippen LogP contribution >= 0.6 is 0 Å². The van der Waals surface area contributed by atoms with Crippen LogP contribution in [-0.4, -0.2) is 0 Å². The summed E-state index contributed by atoms with van der Waals surface area (Å²) in [7, 11) is 0. The van der Waals surface area contributed by atoms with E-state index in [1.165, 1.54) is 30.6 Å². The summed E-state index contributed by atoms with van der Waals surface area (Å²) >= 11 is 0. The molecule has 4 atom stereocenters. The molecule has 0 nitrogen and oxygen atoms in total. The van der Waals surface area contributed by atoms with Crippen LogP contribution in [-0.2, 0) is 0 Å². The summed E-state index contributed by atoms with van der Waals surface area (Å²) < 4.78 is 0. The lowest BCUT2D eigenvalue weighted by Crippen LogP contribution is -2.25. The Kier molecular flexibility index (Phi) is 0.345. The van der Waals surface area contributed by atoms with Crippen LogP contribution < -0.4 is 0 Å². The topological polar surface area (TPSA) is 0 Å². The zero-order valence-corrected chi connectivity index (χ0v) is 5.43. The van der Waals surface area contributed by atoms with Gasteiger partial charge >= 0.3 is 0 Å². The molecule has 4 rings (SSSR count). The summed E-state index contributed by atoms with van der Waals surface area (Å²) in [6, 6.07) is 0. The zero-order chi connectivity index (χ0) is 5.59. The van der Waals surface area contributed by atoms with E-state index < -0.39 is 0 Å². The molecule has 0 aromatic rings. The molecule has 0 aromatic carbocycles. The van der Waals surface area contributed by atoms with E-state index in [2.05, 4.69) is 0 Å². The first-order valence-electron chi connectivity index (χ1n) is 4.21. The molecule has 0 heterocycles. The molecule has 0 aromatic heterocycles. The summed E-state index contributed by atoms with van der Waals surface area (Å²) in [5.74, 6) is 4.72. The van der Waals surface area contributed by atoms with Gasteiger partial charge in [-0.1, -0.05) is 11.1 Å². The van der Waals surface area contributed by atoms with Crippen molar-refractivity contribution in [1.29, 1.82) is 0 Å². The van der Waals surface area contributed by atoms with Crippen molar-refractivity contribution in [3.05, 3.63) is 11.1 Å². The smallest absolute Gasteiger partial charge is 0.00887 e. The molecule has 4 aliphatic rings. The van der Waals surface area contributed by atoms with Crippen molar-refractivity contribution >= 4 is 0 Å². The Morgan fingerprint density at radius 2 is 2.22 bits per heavy atom. The second kappa shape index (κ2) is 0.817. The van der Waals surface area contributed by atoms with Gasteiger partial charge in [0.25, 0.3) is 0 Å². The fraction of sp³-hybridized carbons (Fsp3) is 0.778. The van der Waals surface area contributed by atoms with E-state index in [9.17, 15) is 0 Å². The lowest BCUT2D eigenvalue weighted by atomic mass is 9.69. The van der Waals surface area contributed by atoms with Crippen molar-refractivity contribution in [1.82, 2.24) is 0 Å². The molecule has 2 saturated carbocycles. The Hall–Kier alpha value is -0.260. The van der Waals surface area contributed by atoms with Crippen LogP contribution in [0, 0.1) is 23.7 Å². The first kappa shape index (κ1) is 3.80. The standard InChI is InChI=1S/C9H10/c1-2-4-6-5(3-1)8-7(4)9(6)8/h4,7-9H,1-3H2. The Morgan fingerprint density at radius 3 is 3.00 bits per heavy atom. The SMILES string of the molecule is C1CC2=C3C(C1)C1C2C31. The van der Waals surface area contributed by atoms with Crippen LogP contribution in [0.3, 0.4) is 0 Å². The average Bonchev–Trinajstić information content (AvgIpc) is 2.30. The summed E-state index contributed by atoms with van der Waals surface area (Å²) in [6.07, 6.45) is 4.56. The van der Waals surface area contributed by atoms with Gasteiger partial charge in [0.2, 0.25) is 0 Å². The number of rotatable bonds is 0. The van der Waals surface area contributed by atoms with E-state index in [1.54, 1.807) is 6.42 Å². The maximum Gasteiger partial charge on any atom is -0.00887 e. The fourth-order valence-corrected chi connectivity index (χ4v) is 3.74. The van der Waals surface area contributed by atoms with Gasteiger partial charge in [-0.2, -0.15) is 0 Å². The molecule has 4 aliphatic carbocycles. The zero-order valence-electron chi connectivity index (χ0n) is 5.43. The highest BCUT2D eigenvalue weighted by Crippen LogP contribution is 2.82. The van der Waals surface area contributed by atoms with Crippen molar-refractivity contribution in [2.24, 2.45) is 23.7 Å². The summed E-state index contributed by atoms with van der Waals surface area (Å²) in [5.41, 5.74) is 3.89. The molecule has 2 fully saturated rings. The third kappa shape index (κ3) is 0.200. The van der Waals surface area contributed by atoms with Crippen LogP contribution in [0.4, 0.5) is 0 Å². The maximum atomic E-state index is 1.95. The van der Waals surface area contributed by atoms with Gasteiger partial charge in [-0.25, -0.2) is 0 Å². The van der Waals surface area contributed by atoms with Gasteiger partial charge < -0.3 is 0 Å². The van der Waals surface area contributed by atoms with Gasteiger partial charge in [-0.3, -0.25) is 0 Å². The van der Waals surface area contributed by atoms with Gasteiger partial charge in [0.1, 0.15) is 0 Å². The number of fused-ring (bicyclic) bond motifs is 3. The minimum atomic E-state index is 1.14. The lowest BCUT2D eigenvalue weighted by Gasteiger charge is -2.36. The first-order chi connectivity index (χ1) is 4.48. The highest BCUT2D eigenvalue weighted by atomic mass is 14.8. The molecule has 0 heteroatoms. The second-order valence-electron chi connectivity index (χ2n) is 4.11. The molecule has 0 aliphatic heterocycles. The maximum absolute atomic E-state index is 1.95. The summed E-state index contributed by atoms with van der Waals surface area (Å²) in [5, 5.41) is 0. The first-order valence-corrected chi connectivity index (χ1v) is 4.21. The van der Waals surface area contributed by atoms with Crippen molar-refractivity contribution in [3.8, 4) is 0 Å². The van der Waals surface area contributed by atoms with E-state index in [1.807, 2.05) is 11.1 Å². The Morgan fingerprint density at radius 1 is 1.22 bits per heavy atom. The molecule has 0 radical (unpaired) electrons. The minimum absolute atomic E-state index is 1.14. The summed E-state index contributed by atoms with van der Waals surface area (Å²) in [6.45, 7) is 0. The van der Waals surface area contributed by atoms with E-state index in [0.717, 1.165) is 5.92 Å². The largest absolute Gasteiger partial charge is 0.0664 e. The van der Waals surface area contributed by atoms with Crippen LogP contribution in [0.2, 0.25) is 0 Å². The third-order valence-corrected chi connectivity index (χ3v) is 4.03. The monoisotopic (exact) mass is 118 g/mol. The Labute approximate surface area is 54.9 Å². The van der Waals surface area contributed by atoms with Gasteiger partial charge in [0.05, 0.1) is 0 Å². The highest BCUT2D eigenvalue weighted by molar-refractivity contribution is 5.56. The van der Waals surface area contributed by atoms with Gasteiger partial charge in [-0.15, -0.1) is 0 Å². The van der Waals surface area contributed by atoms with Crippen molar-refractivity contribution in [2.75, 3.05) is 0 Å². The van der Waals surface area contributed by atoms with E-state index >= 15 is 0 Å². The molecule has 4 unspecified atom stereocenters.